The van der Waals surface area contributed by atoms with Crippen molar-refractivity contribution in [1.29, 1.82) is 0 Å². The van der Waals surface area contributed by atoms with E-state index >= 15 is 0 Å². The van der Waals surface area contributed by atoms with Crippen LogP contribution in [0.5, 0.6) is 0 Å². The molecule has 2 aliphatic carbocycles. The van der Waals surface area contributed by atoms with Crippen LogP contribution in [0.3, 0.4) is 0 Å². The molecule has 1 unspecified atom stereocenters. The first-order chi connectivity index (χ1) is 9.56. The second kappa shape index (κ2) is 6.95. The molecule has 0 spiro atoms. The Balaban J connectivity index is 1.61. The summed E-state index contributed by atoms with van der Waals surface area (Å²) in [4.78, 5) is 24.7. The maximum atomic E-state index is 12.2. The molecular weight excluding hydrogens is 256 g/mol. The minimum absolute atomic E-state index is 0.0739. The fraction of sp³-hybridized carbons (Fsp3) is 0.867. The van der Waals surface area contributed by atoms with E-state index in [-0.39, 0.29) is 12.5 Å². The minimum atomic E-state index is -0.745. The first-order valence-electron chi connectivity index (χ1n) is 7.82. The van der Waals surface area contributed by atoms with E-state index in [1.54, 1.807) is 0 Å². The number of aliphatic carboxylic acids is 1. The molecule has 0 saturated heterocycles. The summed E-state index contributed by atoms with van der Waals surface area (Å²) >= 11 is 0. The van der Waals surface area contributed by atoms with Gasteiger partial charge in [0.25, 0.3) is 0 Å². The number of rotatable bonds is 9. The summed E-state index contributed by atoms with van der Waals surface area (Å²) in [7, 11) is 0. The maximum Gasteiger partial charge on any atom is 0.317 e. The minimum Gasteiger partial charge on any atom is -0.481 e. The molecule has 2 rings (SSSR count). The van der Waals surface area contributed by atoms with Gasteiger partial charge in [-0.3, -0.25) is 4.79 Å². The molecule has 2 amide bonds. The number of hydrogen-bond acceptors (Lipinski definition) is 2. The zero-order valence-corrected chi connectivity index (χ0v) is 12.3. The first kappa shape index (κ1) is 15.1. The van der Waals surface area contributed by atoms with Crippen LogP contribution in [0, 0.1) is 11.8 Å². The molecule has 0 heterocycles. The Hall–Kier alpha value is -1.26. The normalized spacial score (nSPS) is 19.4. The van der Waals surface area contributed by atoms with Crippen molar-refractivity contribution in [2.75, 3.05) is 13.1 Å². The quantitative estimate of drug-likeness (QED) is 0.682. The van der Waals surface area contributed by atoms with Gasteiger partial charge in [-0.15, -0.1) is 0 Å². The zero-order chi connectivity index (χ0) is 14.5. The number of nitrogens with one attached hydrogen (secondary N) is 1. The summed E-state index contributed by atoms with van der Waals surface area (Å²) in [6.07, 6.45) is 6.57. The SMILES string of the molecule is CC(CCNC(=O)N(CC1CC1)C1CC1)CCC(=O)O. The molecule has 0 aromatic rings. The molecule has 0 bridgehead atoms. The predicted octanol–water partition coefficient (Wildman–Crippen LogP) is 2.46. The lowest BCUT2D eigenvalue weighted by molar-refractivity contribution is -0.137. The second-order valence-corrected chi connectivity index (χ2v) is 6.39. The molecule has 2 N–H and O–H groups in total. The van der Waals surface area contributed by atoms with Gasteiger partial charge in [0.05, 0.1) is 0 Å². The topological polar surface area (TPSA) is 69.6 Å². The summed E-state index contributed by atoms with van der Waals surface area (Å²) in [5, 5.41) is 11.6. The number of carbonyl (C=O) groups excluding carboxylic acids is 1. The summed E-state index contributed by atoms with van der Waals surface area (Å²) in [6, 6.07) is 0.546. The third-order valence-corrected chi connectivity index (χ3v) is 4.16. The molecule has 2 saturated carbocycles. The van der Waals surface area contributed by atoms with Crippen molar-refractivity contribution in [3.63, 3.8) is 0 Å². The number of carboxylic acid groups (broad SMARTS) is 1. The number of hydrogen-bond donors (Lipinski definition) is 2. The maximum absolute atomic E-state index is 12.2. The van der Waals surface area contributed by atoms with Crippen molar-refractivity contribution >= 4 is 12.0 Å². The summed E-state index contributed by atoms with van der Waals surface area (Å²) in [5.74, 6) is 0.324. The molecule has 2 fully saturated rings. The van der Waals surface area contributed by atoms with Gasteiger partial charge in [-0.2, -0.15) is 0 Å². The van der Waals surface area contributed by atoms with Gasteiger partial charge >= 0.3 is 12.0 Å². The van der Waals surface area contributed by atoms with Gasteiger partial charge in [0.15, 0.2) is 0 Å². The number of amides is 2. The van der Waals surface area contributed by atoms with E-state index < -0.39 is 5.97 Å². The molecule has 5 nitrogen and oxygen atoms in total. The fourth-order valence-electron chi connectivity index (χ4n) is 2.40. The molecule has 0 radical (unpaired) electrons. The number of carboxylic acids is 1. The van der Waals surface area contributed by atoms with Gasteiger partial charge < -0.3 is 15.3 Å². The van der Waals surface area contributed by atoms with Crippen molar-refractivity contribution in [3.05, 3.63) is 0 Å². The lowest BCUT2D eigenvalue weighted by Gasteiger charge is -2.23. The Labute approximate surface area is 120 Å². The zero-order valence-electron chi connectivity index (χ0n) is 12.3. The Morgan fingerprint density at radius 2 is 1.95 bits per heavy atom. The molecule has 0 aromatic heterocycles. The Kier molecular flexibility index (Phi) is 5.26. The molecule has 5 heteroatoms. The van der Waals surface area contributed by atoms with Crippen LogP contribution in [0.4, 0.5) is 4.79 Å². The van der Waals surface area contributed by atoms with Crippen molar-refractivity contribution in [2.45, 2.75) is 57.9 Å². The van der Waals surface area contributed by atoms with Gasteiger partial charge in [0.1, 0.15) is 0 Å². The lowest BCUT2D eigenvalue weighted by atomic mass is 10.0. The highest BCUT2D eigenvalue weighted by Crippen LogP contribution is 2.34. The molecular formula is C15H26N2O3. The lowest BCUT2D eigenvalue weighted by Crippen LogP contribution is -2.43. The van der Waals surface area contributed by atoms with Gasteiger partial charge in [0, 0.05) is 25.6 Å². The van der Waals surface area contributed by atoms with Crippen LogP contribution in [0.1, 0.15) is 51.9 Å². The summed E-state index contributed by atoms with van der Waals surface area (Å²) in [5.41, 5.74) is 0. The van der Waals surface area contributed by atoms with Crippen LogP contribution in [0.25, 0.3) is 0 Å². The van der Waals surface area contributed by atoms with E-state index in [0.29, 0.717) is 24.9 Å². The average molecular weight is 282 g/mol. The molecule has 1 atom stereocenters. The van der Waals surface area contributed by atoms with Crippen molar-refractivity contribution in [1.82, 2.24) is 10.2 Å². The van der Waals surface area contributed by atoms with Crippen LogP contribution < -0.4 is 5.32 Å². The number of urea groups is 1. The molecule has 114 valence electrons. The van der Waals surface area contributed by atoms with Gasteiger partial charge in [-0.25, -0.2) is 4.79 Å². The van der Waals surface area contributed by atoms with E-state index in [1.807, 2.05) is 11.8 Å². The van der Waals surface area contributed by atoms with Crippen LogP contribution in [-0.2, 0) is 4.79 Å². The van der Waals surface area contributed by atoms with Crippen LogP contribution >= 0.6 is 0 Å². The molecule has 0 aliphatic heterocycles. The molecule has 0 aromatic carbocycles. The third kappa shape index (κ3) is 5.39. The highest BCUT2D eigenvalue weighted by molar-refractivity contribution is 5.75. The van der Waals surface area contributed by atoms with Crippen LogP contribution in [-0.4, -0.2) is 41.1 Å². The van der Waals surface area contributed by atoms with Gasteiger partial charge in [0.2, 0.25) is 0 Å². The van der Waals surface area contributed by atoms with E-state index in [4.69, 9.17) is 5.11 Å². The van der Waals surface area contributed by atoms with Crippen molar-refractivity contribution < 1.29 is 14.7 Å². The van der Waals surface area contributed by atoms with Gasteiger partial charge in [-0.1, -0.05) is 6.92 Å². The third-order valence-electron chi connectivity index (χ3n) is 4.16. The Morgan fingerprint density at radius 1 is 1.25 bits per heavy atom. The van der Waals surface area contributed by atoms with Gasteiger partial charge in [-0.05, 0) is 50.4 Å². The average Bonchev–Trinajstić information content (AvgIpc) is 3.26. The highest BCUT2D eigenvalue weighted by atomic mass is 16.4. The largest absolute Gasteiger partial charge is 0.481 e. The standard InChI is InChI=1S/C15H26N2O3/c1-11(2-7-14(18)19)8-9-16-15(20)17(13-5-6-13)10-12-3-4-12/h11-13H,2-10H2,1H3,(H,16,20)(H,18,19). The van der Waals surface area contributed by atoms with Crippen LogP contribution in [0.2, 0.25) is 0 Å². The summed E-state index contributed by atoms with van der Waals surface area (Å²) in [6.45, 7) is 3.61. The van der Waals surface area contributed by atoms with Crippen LogP contribution in [0.15, 0.2) is 0 Å². The first-order valence-corrected chi connectivity index (χ1v) is 7.82. The highest BCUT2D eigenvalue weighted by Gasteiger charge is 2.36. The number of nitrogens with zero attached hydrogens (tertiary/aromatic N) is 1. The van der Waals surface area contributed by atoms with Crippen molar-refractivity contribution in [3.8, 4) is 0 Å². The van der Waals surface area contributed by atoms with E-state index in [9.17, 15) is 9.59 Å². The fourth-order valence-corrected chi connectivity index (χ4v) is 2.40. The smallest absolute Gasteiger partial charge is 0.317 e. The number of carbonyl (C=O) groups is 2. The Morgan fingerprint density at radius 3 is 2.50 bits per heavy atom. The second-order valence-electron chi connectivity index (χ2n) is 6.39. The predicted molar refractivity (Wildman–Crippen MR) is 76.5 cm³/mol. The molecule has 20 heavy (non-hydrogen) atoms. The summed E-state index contributed by atoms with van der Waals surface area (Å²) < 4.78 is 0. The molecule has 2 aliphatic rings. The monoisotopic (exact) mass is 282 g/mol. The van der Waals surface area contributed by atoms with E-state index in [1.165, 1.54) is 12.8 Å². The van der Waals surface area contributed by atoms with E-state index in [2.05, 4.69) is 5.32 Å². The van der Waals surface area contributed by atoms with Crippen molar-refractivity contribution in [2.24, 2.45) is 11.8 Å². The van der Waals surface area contributed by atoms with E-state index in [0.717, 1.165) is 31.7 Å². The Bertz CT molecular complexity index is 351.